The van der Waals surface area contributed by atoms with Gasteiger partial charge in [-0.2, -0.15) is 13.2 Å². The standard InChI is InChI=1S/C25H16ClF3O2/c26-22-7-2-1-6-21(22)24(31)15-13-18-10-8-17(9-11-18)12-14-23(30)19-4-3-5-20(16-19)25(27,28)29/h1-16H/b14-12+,15-13+. The summed E-state index contributed by atoms with van der Waals surface area (Å²) in [6.07, 6.45) is 1.30. The molecule has 2 nitrogen and oxygen atoms in total. The number of alkyl halides is 3. The monoisotopic (exact) mass is 440 g/mol. The lowest BCUT2D eigenvalue weighted by molar-refractivity contribution is -0.137. The average molecular weight is 441 g/mol. The predicted molar refractivity (Wildman–Crippen MR) is 116 cm³/mol. The van der Waals surface area contributed by atoms with Gasteiger partial charge in [-0.1, -0.05) is 72.3 Å². The maximum atomic E-state index is 12.8. The van der Waals surface area contributed by atoms with Crippen LogP contribution in [0.3, 0.4) is 0 Å². The van der Waals surface area contributed by atoms with Crippen LogP contribution in [-0.4, -0.2) is 11.6 Å². The highest BCUT2D eigenvalue weighted by molar-refractivity contribution is 6.34. The Kier molecular flexibility index (Phi) is 6.88. The van der Waals surface area contributed by atoms with E-state index in [1.54, 1.807) is 54.6 Å². The van der Waals surface area contributed by atoms with Crippen molar-refractivity contribution < 1.29 is 22.8 Å². The third kappa shape index (κ3) is 6.03. The molecule has 0 unspecified atom stereocenters. The lowest BCUT2D eigenvalue weighted by Crippen LogP contribution is -2.06. The number of halogens is 4. The van der Waals surface area contributed by atoms with Crippen molar-refractivity contribution in [3.8, 4) is 0 Å². The summed E-state index contributed by atoms with van der Waals surface area (Å²) >= 11 is 6.01. The van der Waals surface area contributed by atoms with Crippen molar-refractivity contribution in [3.63, 3.8) is 0 Å². The number of carbonyl (C=O) groups excluding carboxylic acids is 2. The van der Waals surface area contributed by atoms with Crippen molar-refractivity contribution in [3.05, 3.63) is 118 Å². The van der Waals surface area contributed by atoms with Crippen LogP contribution in [0.2, 0.25) is 5.02 Å². The molecule has 0 aliphatic rings. The van der Waals surface area contributed by atoms with Crippen LogP contribution in [-0.2, 0) is 6.18 Å². The van der Waals surface area contributed by atoms with Crippen molar-refractivity contribution in [2.45, 2.75) is 6.18 Å². The molecule has 31 heavy (non-hydrogen) atoms. The van der Waals surface area contributed by atoms with Crippen molar-refractivity contribution in [1.29, 1.82) is 0 Å². The van der Waals surface area contributed by atoms with Crippen LogP contribution in [0.1, 0.15) is 37.4 Å². The second-order valence-electron chi connectivity index (χ2n) is 6.62. The van der Waals surface area contributed by atoms with Crippen LogP contribution in [0.25, 0.3) is 12.2 Å². The van der Waals surface area contributed by atoms with E-state index in [-0.39, 0.29) is 11.3 Å². The summed E-state index contributed by atoms with van der Waals surface area (Å²) in [5.74, 6) is -0.748. The fraction of sp³-hybridized carbons (Fsp3) is 0.0400. The van der Waals surface area contributed by atoms with Crippen LogP contribution >= 0.6 is 11.6 Å². The largest absolute Gasteiger partial charge is 0.416 e. The lowest BCUT2D eigenvalue weighted by atomic mass is 10.0. The number of benzene rings is 3. The zero-order valence-electron chi connectivity index (χ0n) is 16.1. The van der Waals surface area contributed by atoms with Crippen molar-refractivity contribution in [1.82, 2.24) is 0 Å². The summed E-state index contributed by atoms with van der Waals surface area (Å²) in [4.78, 5) is 24.4. The van der Waals surface area contributed by atoms with E-state index < -0.39 is 17.5 Å². The van der Waals surface area contributed by atoms with Gasteiger partial charge in [-0.15, -0.1) is 0 Å². The molecule has 156 valence electrons. The molecule has 3 rings (SSSR count). The fourth-order valence-electron chi connectivity index (χ4n) is 2.76. The molecule has 0 fully saturated rings. The summed E-state index contributed by atoms with van der Waals surface area (Å²) in [7, 11) is 0. The molecular formula is C25H16ClF3O2. The van der Waals surface area contributed by atoms with Crippen molar-refractivity contribution in [2.75, 3.05) is 0 Å². The van der Waals surface area contributed by atoms with Crippen LogP contribution in [0.15, 0.2) is 84.9 Å². The minimum absolute atomic E-state index is 0.0382. The van der Waals surface area contributed by atoms with E-state index in [2.05, 4.69) is 0 Å². The number of rotatable bonds is 6. The molecule has 0 aromatic heterocycles. The smallest absolute Gasteiger partial charge is 0.289 e. The molecule has 0 aliphatic carbocycles. The molecule has 0 N–H and O–H groups in total. The van der Waals surface area contributed by atoms with E-state index in [4.69, 9.17) is 11.6 Å². The summed E-state index contributed by atoms with van der Waals surface area (Å²) < 4.78 is 38.4. The molecule has 3 aromatic rings. The predicted octanol–water partition coefficient (Wildman–Crippen LogP) is 7.15. The zero-order chi connectivity index (χ0) is 22.4. The Labute approximate surface area is 182 Å². The molecule has 0 bridgehead atoms. The third-order valence-electron chi connectivity index (χ3n) is 4.40. The summed E-state index contributed by atoms with van der Waals surface area (Å²) in [5.41, 5.74) is 0.961. The van der Waals surface area contributed by atoms with Gasteiger partial charge < -0.3 is 0 Å². The zero-order valence-corrected chi connectivity index (χ0v) is 16.8. The molecule has 0 saturated heterocycles. The van der Waals surface area contributed by atoms with Crippen LogP contribution in [0, 0.1) is 0 Å². The molecule has 0 aliphatic heterocycles. The van der Waals surface area contributed by atoms with Gasteiger partial charge in [0, 0.05) is 11.1 Å². The number of carbonyl (C=O) groups is 2. The number of hydrogen-bond donors (Lipinski definition) is 0. The van der Waals surface area contributed by atoms with E-state index in [0.717, 1.165) is 17.7 Å². The first-order chi connectivity index (χ1) is 14.7. The van der Waals surface area contributed by atoms with Crippen molar-refractivity contribution in [2.24, 2.45) is 0 Å². The van der Waals surface area contributed by atoms with Gasteiger partial charge in [-0.3, -0.25) is 9.59 Å². The van der Waals surface area contributed by atoms with Crippen molar-refractivity contribution >= 4 is 35.3 Å². The second kappa shape index (κ2) is 9.58. The van der Waals surface area contributed by atoms with Crippen LogP contribution in [0.4, 0.5) is 13.2 Å². The Morgan fingerprint density at radius 1 is 0.742 bits per heavy atom. The normalized spacial score (nSPS) is 11.9. The summed E-state index contributed by atoms with van der Waals surface area (Å²) in [5, 5.41) is 0.378. The Morgan fingerprint density at radius 2 is 1.32 bits per heavy atom. The first kappa shape index (κ1) is 22.2. The molecule has 0 saturated carbocycles. The Hall–Kier alpha value is -3.44. The Bertz CT molecular complexity index is 1160. The minimum atomic E-state index is -4.50. The molecule has 0 amide bonds. The molecule has 0 heterocycles. The minimum Gasteiger partial charge on any atom is -0.289 e. The second-order valence-corrected chi connectivity index (χ2v) is 7.03. The SMILES string of the molecule is O=C(/C=C/c1ccc(/C=C/C(=O)c2ccccc2Cl)cc1)c1cccc(C(F)(F)F)c1. The Balaban J connectivity index is 1.67. The topological polar surface area (TPSA) is 34.1 Å². The van der Waals surface area contributed by atoms with E-state index in [1.807, 2.05) is 0 Å². The first-order valence-corrected chi connectivity index (χ1v) is 9.58. The molecular weight excluding hydrogens is 425 g/mol. The molecule has 3 aromatic carbocycles. The van der Waals surface area contributed by atoms with Crippen LogP contribution in [0.5, 0.6) is 0 Å². The fourth-order valence-corrected chi connectivity index (χ4v) is 2.99. The van der Waals surface area contributed by atoms with Gasteiger partial charge in [-0.25, -0.2) is 0 Å². The molecule has 0 spiro atoms. The quantitative estimate of drug-likeness (QED) is 0.301. The Morgan fingerprint density at radius 3 is 1.90 bits per heavy atom. The van der Waals surface area contributed by atoms with Gasteiger partial charge in [-0.05, 0) is 47.5 Å². The highest BCUT2D eigenvalue weighted by Gasteiger charge is 2.30. The summed E-state index contributed by atoms with van der Waals surface area (Å²) in [6.45, 7) is 0. The number of ketones is 2. The van der Waals surface area contributed by atoms with E-state index in [0.29, 0.717) is 16.1 Å². The maximum absolute atomic E-state index is 12.8. The summed E-state index contributed by atoms with van der Waals surface area (Å²) in [6, 6.07) is 18.0. The number of hydrogen-bond acceptors (Lipinski definition) is 2. The molecule has 6 heteroatoms. The van der Waals surface area contributed by atoms with Gasteiger partial charge in [0.1, 0.15) is 0 Å². The van der Waals surface area contributed by atoms with Gasteiger partial charge in [0.15, 0.2) is 11.6 Å². The van der Waals surface area contributed by atoms with Gasteiger partial charge in [0.25, 0.3) is 0 Å². The number of allylic oxidation sites excluding steroid dienone is 2. The van der Waals surface area contributed by atoms with Crippen LogP contribution < -0.4 is 0 Å². The first-order valence-electron chi connectivity index (χ1n) is 9.21. The van der Waals surface area contributed by atoms with Gasteiger partial charge >= 0.3 is 6.18 Å². The lowest BCUT2D eigenvalue weighted by Gasteiger charge is -2.07. The highest BCUT2D eigenvalue weighted by atomic mass is 35.5. The highest BCUT2D eigenvalue weighted by Crippen LogP contribution is 2.29. The van der Waals surface area contributed by atoms with E-state index >= 15 is 0 Å². The third-order valence-corrected chi connectivity index (χ3v) is 4.73. The van der Waals surface area contributed by atoms with Gasteiger partial charge in [0.2, 0.25) is 0 Å². The maximum Gasteiger partial charge on any atom is 0.416 e. The van der Waals surface area contributed by atoms with E-state index in [9.17, 15) is 22.8 Å². The molecule has 0 radical (unpaired) electrons. The van der Waals surface area contributed by atoms with E-state index in [1.165, 1.54) is 30.4 Å². The van der Waals surface area contributed by atoms with Gasteiger partial charge in [0.05, 0.1) is 10.6 Å². The molecule has 0 atom stereocenters. The average Bonchev–Trinajstić information content (AvgIpc) is 2.76.